The molecule has 1 fully saturated rings. The van der Waals surface area contributed by atoms with Crippen LogP contribution in [0.1, 0.15) is 12.5 Å². The highest BCUT2D eigenvalue weighted by Gasteiger charge is 2.21. The van der Waals surface area contributed by atoms with Gasteiger partial charge in [-0.15, -0.1) is 0 Å². The lowest BCUT2D eigenvalue weighted by atomic mass is 10.1. The Morgan fingerprint density at radius 3 is 2.22 bits per heavy atom. The molecule has 5 heteroatoms. The Kier molecular flexibility index (Phi) is 7.11. The van der Waals surface area contributed by atoms with E-state index >= 15 is 0 Å². The van der Waals surface area contributed by atoms with Gasteiger partial charge in [-0.1, -0.05) is 30.3 Å². The molecule has 0 atom stereocenters. The van der Waals surface area contributed by atoms with Crippen molar-refractivity contribution in [2.45, 2.75) is 13.3 Å². The summed E-state index contributed by atoms with van der Waals surface area (Å²) in [7, 11) is 0. The molecule has 2 aromatic carbocycles. The number of benzene rings is 2. The Hall–Kier alpha value is -2.53. The van der Waals surface area contributed by atoms with Gasteiger partial charge >= 0.3 is 0 Å². The maximum Gasteiger partial charge on any atom is 0.227 e. The average molecular weight is 368 g/mol. The van der Waals surface area contributed by atoms with Gasteiger partial charge in [-0.05, 0) is 36.8 Å². The molecule has 1 aliphatic rings. The summed E-state index contributed by atoms with van der Waals surface area (Å²) < 4.78 is 11.2. The lowest BCUT2D eigenvalue weighted by Crippen LogP contribution is -2.49. The molecular formula is C22H28N2O3. The van der Waals surface area contributed by atoms with Gasteiger partial charge < -0.3 is 14.4 Å². The summed E-state index contributed by atoms with van der Waals surface area (Å²) in [6.07, 6.45) is 0.448. The van der Waals surface area contributed by atoms with E-state index in [-0.39, 0.29) is 5.91 Å². The molecule has 27 heavy (non-hydrogen) atoms. The minimum atomic E-state index is 0.194. The minimum absolute atomic E-state index is 0.194. The first kappa shape index (κ1) is 19.2. The molecule has 0 bridgehead atoms. The van der Waals surface area contributed by atoms with Crippen LogP contribution in [0.15, 0.2) is 54.6 Å². The van der Waals surface area contributed by atoms with Crippen LogP contribution >= 0.6 is 0 Å². The Bertz CT molecular complexity index is 695. The molecule has 1 saturated heterocycles. The van der Waals surface area contributed by atoms with Gasteiger partial charge in [0.05, 0.1) is 13.0 Å². The van der Waals surface area contributed by atoms with Crippen molar-refractivity contribution >= 4 is 5.91 Å². The van der Waals surface area contributed by atoms with E-state index in [0.717, 1.165) is 49.8 Å². The van der Waals surface area contributed by atoms with Crippen LogP contribution in [0, 0.1) is 0 Å². The molecule has 1 heterocycles. The Balaban J connectivity index is 1.37. The third-order valence-corrected chi connectivity index (χ3v) is 4.73. The summed E-state index contributed by atoms with van der Waals surface area (Å²) in [5, 5.41) is 0. The molecule has 144 valence electrons. The van der Waals surface area contributed by atoms with Gasteiger partial charge in [0.15, 0.2) is 0 Å². The van der Waals surface area contributed by atoms with Crippen molar-refractivity contribution in [2.75, 3.05) is 45.9 Å². The molecule has 0 spiro atoms. The van der Waals surface area contributed by atoms with Crippen LogP contribution in [-0.2, 0) is 11.2 Å². The SMILES string of the molecule is CCOc1ccc(CC(=O)N2CCN(CCOc3ccccc3)CC2)cc1. The number of hydrogen-bond donors (Lipinski definition) is 0. The van der Waals surface area contributed by atoms with Crippen LogP contribution in [0.2, 0.25) is 0 Å². The van der Waals surface area contributed by atoms with E-state index < -0.39 is 0 Å². The number of ether oxygens (including phenoxy) is 2. The summed E-state index contributed by atoms with van der Waals surface area (Å²) in [6, 6.07) is 17.7. The fourth-order valence-corrected chi connectivity index (χ4v) is 3.19. The van der Waals surface area contributed by atoms with Crippen molar-refractivity contribution in [3.8, 4) is 11.5 Å². The quantitative estimate of drug-likeness (QED) is 0.719. The van der Waals surface area contributed by atoms with E-state index in [1.54, 1.807) is 0 Å². The third-order valence-electron chi connectivity index (χ3n) is 4.73. The molecule has 3 rings (SSSR count). The van der Waals surface area contributed by atoms with E-state index in [9.17, 15) is 4.79 Å². The molecule has 0 radical (unpaired) electrons. The van der Waals surface area contributed by atoms with Gasteiger partial charge in [0.25, 0.3) is 0 Å². The number of para-hydroxylation sites is 1. The van der Waals surface area contributed by atoms with Crippen molar-refractivity contribution in [3.63, 3.8) is 0 Å². The first-order chi connectivity index (χ1) is 13.2. The van der Waals surface area contributed by atoms with E-state index in [0.29, 0.717) is 19.6 Å². The van der Waals surface area contributed by atoms with Crippen molar-refractivity contribution in [2.24, 2.45) is 0 Å². The highest BCUT2D eigenvalue weighted by atomic mass is 16.5. The molecule has 1 aliphatic heterocycles. The molecule has 0 aromatic heterocycles. The Morgan fingerprint density at radius 2 is 1.56 bits per heavy atom. The standard InChI is InChI=1S/C22H28N2O3/c1-2-26-21-10-8-19(9-11-21)18-22(25)24-14-12-23(13-15-24)16-17-27-20-6-4-3-5-7-20/h3-11H,2,12-18H2,1H3. The third kappa shape index (κ3) is 6.00. The number of carbonyl (C=O) groups is 1. The van der Waals surface area contributed by atoms with Crippen LogP contribution in [-0.4, -0.2) is 61.6 Å². The zero-order valence-corrected chi connectivity index (χ0v) is 16.0. The van der Waals surface area contributed by atoms with Gasteiger partial charge in [-0.3, -0.25) is 9.69 Å². The summed E-state index contributed by atoms with van der Waals surface area (Å²) in [4.78, 5) is 16.8. The number of rotatable bonds is 8. The summed E-state index contributed by atoms with van der Waals surface area (Å²) in [5.41, 5.74) is 1.03. The van der Waals surface area contributed by atoms with E-state index in [1.807, 2.05) is 66.4 Å². The minimum Gasteiger partial charge on any atom is -0.494 e. The number of carbonyl (C=O) groups excluding carboxylic acids is 1. The second-order valence-electron chi connectivity index (χ2n) is 6.64. The normalized spacial score (nSPS) is 14.8. The van der Waals surface area contributed by atoms with E-state index in [4.69, 9.17) is 9.47 Å². The second-order valence-corrected chi connectivity index (χ2v) is 6.64. The van der Waals surface area contributed by atoms with E-state index in [2.05, 4.69) is 4.90 Å². The zero-order chi connectivity index (χ0) is 18.9. The lowest BCUT2D eigenvalue weighted by molar-refractivity contribution is -0.132. The van der Waals surface area contributed by atoms with Crippen molar-refractivity contribution in [1.29, 1.82) is 0 Å². The second kappa shape index (κ2) is 9.97. The lowest BCUT2D eigenvalue weighted by Gasteiger charge is -2.34. The number of hydrogen-bond acceptors (Lipinski definition) is 4. The van der Waals surface area contributed by atoms with Gasteiger partial charge in [-0.25, -0.2) is 0 Å². The van der Waals surface area contributed by atoms with Gasteiger partial charge in [-0.2, -0.15) is 0 Å². The molecular weight excluding hydrogens is 340 g/mol. The summed E-state index contributed by atoms with van der Waals surface area (Å²) >= 11 is 0. The fourth-order valence-electron chi connectivity index (χ4n) is 3.19. The van der Waals surface area contributed by atoms with Crippen LogP contribution in [0.3, 0.4) is 0 Å². The smallest absolute Gasteiger partial charge is 0.227 e. The van der Waals surface area contributed by atoms with Crippen molar-refractivity contribution in [1.82, 2.24) is 9.80 Å². The summed E-state index contributed by atoms with van der Waals surface area (Å²) in [5.74, 6) is 1.95. The Morgan fingerprint density at radius 1 is 0.889 bits per heavy atom. The first-order valence-electron chi connectivity index (χ1n) is 9.64. The molecule has 1 amide bonds. The largest absolute Gasteiger partial charge is 0.494 e. The van der Waals surface area contributed by atoms with Crippen LogP contribution in [0.5, 0.6) is 11.5 Å². The zero-order valence-electron chi connectivity index (χ0n) is 16.0. The molecule has 0 N–H and O–H groups in total. The number of piperazine rings is 1. The predicted molar refractivity (Wildman–Crippen MR) is 106 cm³/mol. The fraction of sp³-hybridized carbons (Fsp3) is 0.409. The first-order valence-corrected chi connectivity index (χ1v) is 9.64. The summed E-state index contributed by atoms with van der Waals surface area (Å²) in [6.45, 7) is 7.52. The van der Waals surface area contributed by atoms with Crippen LogP contribution < -0.4 is 9.47 Å². The van der Waals surface area contributed by atoms with Gasteiger partial charge in [0.1, 0.15) is 18.1 Å². The molecule has 0 unspecified atom stereocenters. The van der Waals surface area contributed by atoms with Gasteiger partial charge in [0, 0.05) is 32.7 Å². The number of nitrogens with zero attached hydrogens (tertiary/aromatic N) is 2. The average Bonchev–Trinajstić information content (AvgIpc) is 2.71. The monoisotopic (exact) mass is 368 g/mol. The predicted octanol–water partition coefficient (Wildman–Crippen LogP) is 2.85. The topological polar surface area (TPSA) is 42.0 Å². The Labute approximate surface area is 161 Å². The molecule has 5 nitrogen and oxygen atoms in total. The van der Waals surface area contributed by atoms with Crippen LogP contribution in [0.25, 0.3) is 0 Å². The maximum absolute atomic E-state index is 12.5. The molecule has 0 aliphatic carbocycles. The maximum atomic E-state index is 12.5. The number of amides is 1. The molecule has 2 aromatic rings. The van der Waals surface area contributed by atoms with E-state index in [1.165, 1.54) is 0 Å². The van der Waals surface area contributed by atoms with Crippen molar-refractivity contribution in [3.05, 3.63) is 60.2 Å². The van der Waals surface area contributed by atoms with Gasteiger partial charge in [0.2, 0.25) is 5.91 Å². The van der Waals surface area contributed by atoms with Crippen molar-refractivity contribution < 1.29 is 14.3 Å². The highest BCUT2D eigenvalue weighted by molar-refractivity contribution is 5.78. The molecule has 0 saturated carbocycles. The van der Waals surface area contributed by atoms with Crippen LogP contribution in [0.4, 0.5) is 0 Å². The highest BCUT2D eigenvalue weighted by Crippen LogP contribution is 2.14.